The highest BCUT2D eigenvalue weighted by Crippen LogP contribution is 2.27. The van der Waals surface area contributed by atoms with E-state index in [1.165, 1.54) is 6.07 Å². The third-order valence-electron chi connectivity index (χ3n) is 3.19. The molecule has 17 heavy (non-hydrogen) atoms. The van der Waals surface area contributed by atoms with E-state index in [2.05, 4.69) is 42.0 Å². The highest BCUT2D eigenvalue weighted by atomic mass is 79.9. The Balaban J connectivity index is 2.73. The largest absolute Gasteiger partial charge is 0.379 e. The molecule has 0 heterocycles. The van der Waals surface area contributed by atoms with Crippen LogP contribution in [0.3, 0.4) is 0 Å². The first kappa shape index (κ1) is 14.5. The van der Waals surface area contributed by atoms with Crippen LogP contribution in [0.5, 0.6) is 0 Å². The van der Waals surface area contributed by atoms with Crippen molar-refractivity contribution in [3.63, 3.8) is 0 Å². The fourth-order valence-electron chi connectivity index (χ4n) is 1.82. The summed E-state index contributed by atoms with van der Waals surface area (Å²) in [6.07, 6.45) is 3.25. The van der Waals surface area contributed by atoms with Gasteiger partial charge in [-0.3, -0.25) is 0 Å². The quantitative estimate of drug-likeness (QED) is 0.760. The highest BCUT2D eigenvalue weighted by molar-refractivity contribution is 9.10. The first-order valence-electron chi connectivity index (χ1n) is 6.29. The molecule has 0 aliphatic rings. The van der Waals surface area contributed by atoms with E-state index in [-0.39, 0.29) is 5.82 Å². The molecule has 96 valence electrons. The summed E-state index contributed by atoms with van der Waals surface area (Å²) in [6, 6.07) is 5.39. The summed E-state index contributed by atoms with van der Waals surface area (Å²) < 4.78 is 14.5. The van der Waals surface area contributed by atoms with Gasteiger partial charge in [-0.25, -0.2) is 4.39 Å². The lowest BCUT2D eigenvalue weighted by Gasteiger charge is -2.22. The standard InChI is InChI=1S/C14H21BrFN/c1-4-10(3)9-11(5-2)17-14-12(15)7-6-8-13(14)16/h6-8,10-11,17H,4-5,9H2,1-3H3. The molecule has 0 fully saturated rings. The summed E-state index contributed by atoms with van der Waals surface area (Å²) >= 11 is 3.39. The zero-order chi connectivity index (χ0) is 12.8. The molecular weight excluding hydrogens is 281 g/mol. The second-order valence-corrected chi connectivity index (χ2v) is 5.45. The summed E-state index contributed by atoms with van der Waals surface area (Å²) in [5.41, 5.74) is 0.586. The van der Waals surface area contributed by atoms with Gasteiger partial charge in [-0.15, -0.1) is 0 Å². The van der Waals surface area contributed by atoms with Crippen molar-refractivity contribution in [2.24, 2.45) is 5.92 Å². The molecule has 0 bridgehead atoms. The van der Waals surface area contributed by atoms with Crippen molar-refractivity contribution in [2.45, 2.75) is 46.1 Å². The molecule has 0 amide bonds. The molecule has 0 aromatic heterocycles. The van der Waals surface area contributed by atoms with Gasteiger partial charge < -0.3 is 5.32 Å². The van der Waals surface area contributed by atoms with Crippen LogP contribution in [-0.4, -0.2) is 6.04 Å². The van der Waals surface area contributed by atoms with Gasteiger partial charge in [0.1, 0.15) is 5.82 Å². The summed E-state index contributed by atoms with van der Waals surface area (Å²) in [5, 5.41) is 3.31. The van der Waals surface area contributed by atoms with Gasteiger partial charge in [0.2, 0.25) is 0 Å². The summed E-state index contributed by atoms with van der Waals surface area (Å²) in [4.78, 5) is 0. The fourth-order valence-corrected chi connectivity index (χ4v) is 2.28. The molecule has 0 saturated carbocycles. The SMILES string of the molecule is CCC(C)CC(CC)Nc1c(F)cccc1Br. The number of rotatable bonds is 6. The van der Waals surface area contributed by atoms with Gasteiger partial charge in [0, 0.05) is 10.5 Å². The molecule has 1 aromatic carbocycles. The van der Waals surface area contributed by atoms with Crippen molar-refractivity contribution in [1.82, 2.24) is 0 Å². The van der Waals surface area contributed by atoms with Gasteiger partial charge in [0.05, 0.1) is 5.69 Å². The van der Waals surface area contributed by atoms with E-state index in [0.29, 0.717) is 17.6 Å². The average Bonchev–Trinajstić information content (AvgIpc) is 2.32. The molecule has 0 spiro atoms. The molecule has 1 N–H and O–H groups in total. The number of nitrogens with one attached hydrogen (secondary N) is 1. The minimum Gasteiger partial charge on any atom is -0.379 e. The Kier molecular flexibility index (Phi) is 5.96. The maximum absolute atomic E-state index is 13.7. The van der Waals surface area contributed by atoms with Gasteiger partial charge in [-0.1, -0.05) is 33.3 Å². The van der Waals surface area contributed by atoms with Gasteiger partial charge in [-0.2, -0.15) is 0 Å². The number of halogens is 2. The molecule has 2 unspecified atom stereocenters. The number of hydrogen-bond donors (Lipinski definition) is 1. The molecule has 1 rings (SSSR count). The number of para-hydroxylation sites is 1. The van der Waals surface area contributed by atoms with Crippen LogP contribution in [0.1, 0.15) is 40.0 Å². The number of anilines is 1. The first-order chi connectivity index (χ1) is 8.08. The molecule has 0 aliphatic carbocycles. The van der Waals surface area contributed by atoms with Crippen molar-refractivity contribution in [2.75, 3.05) is 5.32 Å². The van der Waals surface area contributed by atoms with Gasteiger partial charge in [0.25, 0.3) is 0 Å². The van der Waals surface area contributed by atoms with Gasteiger partial charge in [-0.05, 0) is 46.8 Å². The Morgan fingerprint density at radius 2 is 2.00 bits per heavy atom. The molecular formula is C14H21BrFN. The van der Waals surface area contributed by atoms with Crippen LogP contribution in [-0.2, 0) is 0 Å². The zero-order valence-electron chi connectivity index (χ0n) is 10.8. The van der Waals surface area contributed by atoms with E-state index in [0.717, 1.165) is 23.7 Å². The first-order valence-corrected chi connectivity index (χ1v) is 7.08. The van der Waals surface area contributed by atoms with Crippen molar-refractivity contribution >= 4 is 21.6 Å². The van der Waals surface area contributed by atoms with Crippen molar-refractivity contribution in [1.29, 1.82) is 0 Å². The van der Waals surface area contributed by atoms with Crippen molar-refractivity contribution in [3.05, 3.63) is 28.5 Å². The Morgan fingerprint density at radius 1 is 1.29 bits per heavy atom. The molecule has 3 heteroatoms. The van der Waals surface area contributed by atoms with Crippen LogP contribution in [0.15, 0.2) is 22.7 Å². The second kappa shape index (κ2) is 7.00. The maximum atomic E-state index is 13.7. The third kappa shape index (κ3) is 4.30. The van der Waals surface area contributed by atoms with Crippen molar-refractivity contribution < 1.29 is 4.39 Å². The Morgan fingerprint density at radius 3 is 2.53 bits per heavy atom. The van der Waals surface area contributed by atoms with E-state index in [4.69, 9.17) is 0 Å². The van der Waals surface area contributed by atoms with E-state index in [1.54, 1.807) is 6.07 Å². The van der Waals surface area contributed by atoms with E-state index >= 15 is 0 Å². The zero-order valence-corrected chi connectivity index (χ0v) is 12.3. The van der Waals surface area contributed by atoms with Crippen LogP contribution in [0.2, 0.25) is 0 Å². The van der Waals surface area contributed by atoms with Crippen LogP contribution >= 0.6 is 15.9 Å². The topological polar surface area (TPSA) is 12.0 Å². The fraction of sp³-hybridized carbons (Fsp3) is 0.571. The normalized spacial score (nSPS) is 14.4. The second-order valence-electron chi connectivity index (χ2n) is 4.60. The lowest BCUT2D eigenvalue weighted by Crippen LogP contribution is -2.22. The minimum atomic E-state index is -0.193. The highest BCUT2D eigenvalue weighted by Gasteiger charge is 2.14. The number of hydrogen-bond acceptors (Lipinski definition) is 1. The Bertz CT molecular complexity index is 334. The maximum Gasteiger partial charge on any atom is 0.147 e. The molecule has 0 aliphatic heterocycles. The van der Waals surface area contributed by atoms with Crippen LogP contribution in [0.4, 0.5) is 10.1 Å². The van der Waals surface area contributed by atoms with Crippen molar-refractivity contribution in [3.8, 4) is 0 Å². The Labute approximate surface area is 112 Å². The van der Waals surface area contributed by atoms with Crippen LogP contribution < -0.4 is 5.32 Å². The van der Waals surface area contributed by atoms with Crippen LogP contribution in [0.25, 0.3) is 0 Å². The Hall–Kier alpha value is -0.570. The van der Waals surface area contributed by atoms with E-state index in [1.807, 2.05) is 6.07 Å². The third-order valence-corrected chi connectivity index (χ3v) is 3.85. The summed E-state index contributed by atoms with van der Waals surface area (Å²) in [5.74, 6) is 0.472. The summed E-state index contributed by atoms with van der Waals surface area (Å²) in [6.45, 7) is 6.56. The lowest BCUT2D eigenvalue weighted by molar-refractivity contribution is 0.460. The smallest absolute Gasteiger partial charge is 0.147 e. The average molecular weight is 302 g/mol. The minimum absolute atomic E-state index is 0.193. The predicted octanol–water partition coefficient (Wildman–Crippen LogP) is 5.21. The molecule has 0 radical (unpaired) electrons. The number of benzene rings is 1. The predicted molar refractivity (Wildman–Crippen MR) is 75.9 cm³/mol. The van der Waals surface area contributed by atoms with Gasteiger partial charge >= 0.3 is 0 Å². The molecule has 2 atom stereocenters. The molecule has 1 nitrogen and oxygen atoms in total. The summed E-state index contributed by atoms with van der Waals surface area (Å²) in [7, 11) is 0. The molecule has 0 saturated heterocycles. The van der Waals surface area contributed by atoms with Gasteiger partial charge in [0.15, 0.2) is 0 Å². The molecule has 1 aromatic rings. The lowest BCUT2D eigenvalue weighted by atomic mass is 9.97. The van der Waals surface area contributed by atoms with Crippen LogP contribution in [0, 0.1) is 11.7 Å². The van der Waals surface area contributed by atoms with E-state index < -0.39 is 0 Å². The van der Waals surface area contributed by atoms with E-state index in [9.17, 15) is 4.39 Å². The monoisotopic (exact) mass is 301 g/mol.